The number of esters is 1. The van der Waals surface area contributed by atoms with E-state index in [0.717, 1.165) is 0 Å². The van der Waals surface area contributed by atoms with E-state index < -0.39 is 5.97 Å². The number of carbonyl (C=O) groups excluding carboxylic acids is 2. The lowest BCUT2D eigenvalue weighted by atomic mass is 10.1. The summed E-state index contributed by atoms with van der Waals surface area (Å²) in [6, 6.07) is 9.82. The molecule has 0 aliphatic heterocycles. The van der Waals surface area contributed by atoms with E-state index in [9.17, 15) is 9.59 Å². The number of H-pyrrole nitrogens is 1. The number of rotatable bonds is 6. The van der Waals surface area contributed by atoms with Crippen molar-refractivity contribution in [1.82, 2.24) is 4.98 Å². The van der Waals surface area contributed by atoms with Crippen LogP contribution in [0.2, 0.25) is 10.0 Å². The molecule has 2 aromatic carbocycles. The van der Waals surface area contributed by atoms with Gasteiger partial charge >= 0.3 is 5.97 Å². The molecule has 140 valence electrons. The Hall–Kier alpha value is -2.70. The first-order valence-corrected chi connectivity index (χ1v) is 8.96. The zero-order valence-electron chi connectivity index (χ0n) is 14.4. The second kappa shape index (κ2) is 7.90. The van der Waals surface area contributed by atoms with Crippen LogP contribution in [0.15, 0.2) is 36.4 Å². The standard InChI is InChI=1S/C19H17Cl2N3O3/c1-2-27-19(26)18-17(16-13(21)7-11(20)8-14(16)24-18)23-9-15(25)10-3-5-12(22)6-4-10/h3-8,23-24H,2,9,22H2,1H3. The molecule has 6 nitrogen and oxygen atoms in total. The largest absolute Gasteiger partial charge is 0.461 e. The number of fused-ring (bicyclic) bond motifs is 1. The predicted molar refractivity (Wildman–Crippen MR) is 108 cm³/mol. The van der Waals surface area contributed by atoms with E-state index in [2.05, 4.69) is 10.3 Å². The van der Waals surface area contributed by atoms with Crippen LogP contribution in [0.3, 0.4) is 0 Å². The van der Waals surface area contributed by atoms with Crippen molar-refractivity contribution < 1.29 is 14.3 Å². The van der Waals surface area contributed by atoms with Crippen LogP contribution < -0.4 is 11.1 Å². The minimum Gasteiger partial charge on any atom is -0.461 e. The molecule has 0 saturated heterocycles. The number of aromatic nitrogens is 1. The summed E-state index contributed by atoms with van der Waals surface area (Å²) >= 11 is 12.4. The van der Waals surface area contributed by atoms with Gasteiger partial charge in [0.2, 0.25) is 0 Å². The van der Waals surface area contributed by atoms with Crippen LogP contribution in [-0.2, 0) is 4.74 Å². The van der Waals surface area contributed by atoms with Crippen molar-refractivity contribution in [1.29, 1.82) is 0 Å². The number of Topliss-reactive ketones (excluding diaryl/α,β-unsaturated/α-hetero) is 1. The van der Waals surface area contributed by atoms with E-state index in [0.29, 0.717) is 37.9 Å². The van der Waals surface area contributed by atoms with E-state index >= 15 is 0 Å². The SMILES string of the molecule is CCOC(=O)c1[nH]c2cc(Cl)cc(Cl)c2c1NCC(=O)c1ccc(N)cc1. The molecular weight excluding hydrogens is 389 g/mol. The number of ether oxygens (including phenoxy) is 1. The maximum atomic E-state index is 12.4. The van der Waals surface area contributed by atoms with Gasteiger partial charge in [-0.1, -0.05) is 23.2 Å². The van der Waals surface area contributed by atoms with Gasteiger partial charge in [-0.15, -0.1) is 0 Å². The number of nitrogens with two attached hydrogens (primary N) is 1. The van der Waals surface area contributed by atoms with Crippen molar-refractivity contribution >= 4 is 57.2 Å². The van der Waals surface area contributed by atoms with E-state index in [1.807, 2.05) is 0 Å². The Balaban J connectivity index is 1.96. The molecule has 3 aromatic rings. The molecule has 1 heterocycles. The molecule has 0 aliphatic rings. The summed E-state index contributed by atoms with van der Waals surface area (Å²) in [5.41, 5.74) is 7.87. The topological polar surface area (TPSA) is 97.2 Å². The van der Waals surface area contributed by atoms with Gasteiger partial charge in [0.1, 0.15) is 5.69 Å². The third kappa shape index (κ3) is 4.02. The first-order valence-electron chi connectivity index (χ1n) is 8.21. The summed E-state index contributed by atoms with van der Waals surface area (Å²) in [7, 11) is 0. The number of hydrogen-bond acceptors (Lipinski definition) is 5. The van der Waals surface area contributed by atoms with Gasteiger partial charge in [-0.2, -0.15) is 0 Å². The Kier molecular flexibility index (Phi) is 5.58. The van der Waals surface area contributed by atoms with Crippen LogP contribution in [-0.4, -0.2) is 29.9 Å². The normalized spacial score (nSPS) is 10.8. The van der Waals surface area contributed by atoms with Gasteiger partial charge < -0.3 is 20.8 Å². The lowest BCUT2D eigenvalue weighted by Gasteiger charge is -2.09. The third-order valence-corrected chi connectivity index (χ3v) is 4.47. The Morgan fingerprint density at radius 1 is 1.19 bits per heavy atom. The number of aromatic amines is 1. The predicted octanol–water partition coefficient (Wildman–Crippen LogP) is 4.53. The average molecular weight is 406 g/mol. The molecule has 3 rings (SSSR count). The van der Waals surface area contributed by atoms with Crippen molar-refractivity contribution in [3.63, 3.8) is 0 Å². The maximum Gasteiger partial charge on any atom is 0.356 e. The molecule has 0 unspecified atom stereocenters. The van der Waals surface area contributed by atoms with Gasteiger partial charge in [-0.05, 0) is 43.3 Å². The van der Waals surface area contributed by atoms with E-state index in [-0.39, 0.29) is 24.6 Å². The number of nitrogens with one attached hydrogen (secondary N) is 2. The number of anilines is 2. The second-order valence-electron chi connectivity index (χ2n) is 5.80. The van der Waals surface area contributed by atoms with E-state index in [1.165, 1.54) is 0 Å². The maximum absolute atomic E-state index is 12.4. The summed E-state index contributed by atoms with van der Waals surface area (Å²) in [6.45, 7) is 1.89. The molecule has 27 heavy (non-hydrogen) atoms. The Bertz CT molecular complexity index is 1010. The number of nitrogen functional groups attached to an aromatic ring is 1. The van der Waals surface area contributed by atoms with Gasteiger partial charge in [0, 0.05) is 21.7 Å². The number of benzene rings is 2. The molecule has 4 N–H and O–H groups in total. The molecule has 0 fully saturated rings. The summed E-state index contributed by atoms with van der Waals surface area (Å²) in [6.07, 6.45) is 0. The second-order valence-corrected chi connectivity index (χ2v) is 6.65. The fraction of sp³-hybridized carbons (Fsp3) is 0.158. The van der Waals surface area contributed by atoms with Crippen LogP contribution >= 0.6 is 23.2 Å². The highest BCUT2D eigenvalue weighted by Crippen LogP contribution is 2.36. The number of carbonyl (C=O) groups is 2. The van der Waals surface area contributed by atoms with Gasteiger partial charge in [-0.3, -0.25) is 4.79 Å². The van der Waals surface area contributed by atoms with Crippen LogP contribution in [0.5, 0.6) is 0 Å². The Morgan fingerprint density at radius 3 is 2.56 bits per heavy atom. The monoisotopic (exact) mass is 405 g/mol. The fourth-order valence-corrected chi connectivity index (χ4v) is 3.31. The molecule has 0 spiro atoms. The Morgan fingerprint density at radius 2 is 1.89 bits per heavy atom. The zero-order valence-corrected chi connectivity index (χ0v) is 15.9. The Labute approximate surface area is 165 Å². The van der Waals surface area contributed by atoms with E-state index in [1.54, 1.807) is 43.3 Å². The molecule has 8 heteroatoms. The summed E-state index contributed by atoms with van der Waals surface area (Å²) in [4.78, 5) is 27.7. The molecule has 0 saturated carbocycles. The van der Waals surface area contributed by atoms with Crippen molar-refractivity contribution in [3.05, 3.63) is 57.7 Å². The molecule has 0 atom stereocenters. The van der Waals surface area contributed by atoms with Gasteiger partial charge in [0.15, 0.2) is 5.78 Å². The lowest BCUT2D eigenvalue weighted by Crippen LogP contribution is -2.16. The van der Waals surface area contributed by atoms with Crippen molar-refractivity contribution in [3.8, 4) is 0 Å². The molecular formula is C19H17Cl2N3O3. The first-order chi connectivity index (χ1) is 12.9. The van der Waals surface area contributed by atoms with Crippen molar-refractivity contribution in [2.75, 3.05) is 24.2 Å². The minimum atomic E-state index is -0.552. The molecule has 0 radical (unpaired) electrons. The number of ketones is 1. The number of halogens is 2. The molecule has 1 aromatic heterocycles. The van der Waals surface area contributed by atoms with Crippen LogP contribution in [0.25, 0.3) is 10.9 Å². The highest BCUT2D eigenvalue weighted by Gasteiger charge is 2.22. The highest BCUT2D eigenvalue weighted by atomic mass is 35.5. The van der Waals surface area contributed by atoms with Gasteiger partial charge in [0.25, 0.3) is 0 Å². The smallest absolute Gasteiger partial charge is 0.356 e. The molecule has 0 amide bonds. The highest BCUT2D eigenvalue weighted by molar-refractivity contribution is 6.40. The average Bonchev–Trinajstić information content (AvgIpc) is 2.99. The molecule has 0 bridgehead atoms. The summed E-state index contributed by atoms with van der Waals surface area (Å²) in [5, 5.41) is 4.35. The zero-order chi connectivity index (χ0) is 19.6. The third-order valence-electron chi connectivity index (χ3n) is 3.95. The summed E-state index contributed by atoms with van der Waals surface area (Å²) < 4.78 is 5.09. The first kappa shape index (κ1) is 19.1. The quantitative estimate of drug-likeness (QED) is 0.318. The van der Waals surface area contributed by atoms with Crippen LogP contribution in [0.4, 0.5) is 11.4 Å². The van der Waals surface area contributed by atoms with Gasteiger partial charge in [-0.25, -0.2) is 4.79 Å². The van der Waals surface area contributed by atoms with Crippen molar-refractivity contribution in [2.45, 2.75) is 6.92 Å². The molecule has 0 aliphatic carbocycles. The summed E-state index contributed by atoms with van der Waals surface area (Å²) in [5.74, 6) is -0.715. The van der Waals surface area contributed by atoms with Crippen molar-refractivity contribution in [2.24, 2.45) is 0 Å². The fourth-order valence-electron chi connectivity index (χ4n) is 2.72. The van der Waals surface area contributed by atoms with Gasteiger partial charge in [0.05, 0.1) is 29.4 Å². The number of hydrogen-bond donors (Lipinski definition) is 3. The lowest BCUT2D eigenvalue weighted by molar-refractivity contribution is 0.0521. The van der Waals surface area contributed by atoms with E-state index in [4.69, 9.17) is 33.7 Å². The minimum absolute atomic E-state index is 0.0395. The van der Waals surface area contributed by atoms with Crippen LogP contribution in [0.1, 0.15) is 27.8 Å². The van der Waals surface area contributed by atoms with Crippen LogP contribution in [0, 0.1) is 0 Å².